The largest absolute Gasteiger partial charge is 0.326 e. The fourth-order valence-electron chi connectivity index (χ4n) is 2.11. The minimum Gasteiger partial charge on any atom is -0.326 e. The van der Waals surface area contributed by atoms with Crippen LogP contribution in [0.25, 0.3) is 0 Å². The first-order valence-corrected chi connectivity index (χ1v) is 5.85. The van der Waals surface area contributed by atoms with Gasteiger partial charge in [-0.05, 0) is 18.6 Å². The molecule has 1 saturated heterocycles. The van der Waals surface area contributed by atoms with Gasteiger partial charge in [-0.1, -0.05) is 11.6 Å². The minimum absolute atomic E-state index is 0.120. The molecule has 0 aliphatic carbocycles. The van der Waals surface area contributed by atoms with Gasteiger partial charge in [-0.25, -0.2) is 0 Å². The van der Waals surface area contributed by atoms with Gasteiger partial charge in [0, 0.05) is 42.3 Å². The van der Waals surface area contributed by atoms with Gasteiger partial charge in [0.2, 0.25) is 0 Å². The second kappa shape index (κ2) is 5.00. The molecule has 1 aromatic rings. The zero-order chi connectivity index (χ0) is 12.4. The van der Waals surface area contributed by atoms with E-state index in [1.54, 1.807) is 12.1 Å². The molecule has 2 N–H and O–H groups in total. The quantitative estimate of drug-likeness (QED) is 0.660. The zero-order valence-corrected chi connectivity index (χ0v) is 10.1. The van der Waals surface area contributed by atoms with Gasteiger partial charge in [-0.15, -0.1) is 0 Å². The van der Waals surface area contributed by atoms with Crippen molar-refractivity contribution in [2.24, 2.45) is 5.73 Å². The van der Waals surface area contributed by atoms with Crippen LogP contribution < -0.4 is 5.73 Å². The maximum atomic E-state index is 10.9. The van der Waals surface area contributed by atoms with Gasteiger partial charge in [0.05, 0.1) is 4.92 Å². The predicted molar refractivity (Wildman–Crippen MR) is 66.0 cm³/mol. The van der Waals surface area contributed by atoms with Crippen LogP contribution in [0.3, 0.4) is 0 Å². The van der Waals surface area contributed by atoms with Gasteiger partial charge in [0.15, 0.2) is 0 Å². The van der Waals surface area contributed by atoms with E-state index in [1.165, 1.54) is 6.07 Å². The third-order valence-corrected chi connectivity index (χ3v) is 3.18. The number of nitro groups is 1. The van der Waals surface area contributed by atoms with E-state index in [4.69, 9.17) is 17.3 Å². The Morgan fingerprint density at radius 1 is 1.59 bits per heavy atom. The Hall–Kier alpha value is -1.17. The molecule has 92 valence electrons. The van der Waals surface area contributed by atoms with E-state index >= 15 is 0 Å². The van der Waals surface area contributed by atoms with E-state index < -0.39 is 0 Å². The molecule has 0 saturated carbocycles. The van der Waals surface area contributed by atoms with Gasteiger partial charge >= 0.3 is 0 Å². The smallest absolute Gasteiger partial charge is 0.273 e. The molecule has 1 aliphatic heterocycles. The Bertz CT molecular complexity index is 439. The molecular formula is C11H14ClN3O2. The van der Waals surface area contributed by atoms with Gasteiger partial charge in [0.1, 0.15) is 0 Å². The normalized spacial score (nSPS) is 20.7. The Morgan fingerprint density at radius 2 is 2.35 bits per heavy atom. The molecule has 0 radical (unpaired) electrons. The van der Waals surface area contributed by atoms with Crippen LogP contribution >= 0.6 is 11.6 Å². The minimum atomic E-state index is -0.373. The second-order valence-electron chi connectivity index (χ2n) is 4.31. The average Bonchev–Trinajstić information content (AvgIpc) is 2.63. The molecule has 5 nitrogen and oxygen atoms in total. The van der Waals surface area contributed by atoms with Crippen molar-refractivity contribution in [2.45, 2.75) is 19.0 Å². The number of nitrogens with two attached hydrogens (primary N) is 1. The van der Waals surface area contributed by atoms with Crippen molar-refractivity contribution in [1.82, 2.24) is 4.90 Å². The lowest BCUT2D eigenvalue weighted by Crippen LogP contribution is -2.26. The van der Waals surface area contributed by atoms with Crippen LogP contribution in [0.5, 0.6) is 0 Å². The van der Waals surface area contributed by atoms with Crippen molar-refractivity contribution in [3.8, 4) is 0 Å². The van der Waals surface area contributed by atoms with Crippen LogP contribution in [0.4, 0.5) is 5.69 Å². The molecule has 1 aromatic carbocycles. The highest BCUT2D eigenvalue weighted by molar-refractivity contribution is 6.30. The highest BCUT2D eigenvalue weighted by atomic mass is 35.5. The molecule has 0 amide bonds. The van der Waals surface area contributed by atoms with E-state index in [0.717, 1.165) is 19.5 Å². The molecule has 0 spiro atoms. The van der Waals surface area contributed by atoms with Crippen LogP contribution in [0.1, 0.15) is 12.0 Å². The van der Waals surface area contributed by atoms with Crippen molar-refractivity contribution >= 4 is 17.3 Å². The highest BCUT2D eigenvalue weighted by Gasteiger charge is 2.22. The standard InChI is InChI=1S/C11H14ClN3O2/c12-9-1-2-11(15(16)17)8(5-9)6-14-4-3-10(13)7-14/h1-2,5,10H,3-4,6-7,13H2/t10-/m1/s1. The summed E-state index contributed by atoms with van der Waals surface area (Å²) in [4.78, 5) is 12.6. The van der Waals surface area contributed by atoms with Gasteiger partial charge in [-0.2, -0.15) is 0 Å². The predicted octanol–water partition coefficient (Wildman–Crippen LogP) is 1.78. The number of nitro benzene ring substituents is 1. The lowest BCUT2D eigenvalue weighted by molar-refractivity contribution is -0.385. The molecular weight excluding hydrogens is 242 g/mol. The first kappa shape index (κ1) is 12.3. The van der Waals surface area contributed by atoms with E-state index in [2.05, 4.69) is 4.90 Å². The molecule has 1 aliphatic rings. The summed E-state index contributed by atoms with van der Waals surface area (Å²) in [6, 6.07) is 4.82. The Morgan fingerprint density at radius 3 is 2.94 bits per heavy atom. The van der Waals surface area contributed by atoms with E-state index in [9.17, 15) is 10.1 Å². The highest BCUT2D eigenvalue weighted by Crippen LogP contribution is 2.25. The molecule has 6 heteroatoms. The third kappa shape index (κ3) is 2.94. The molecule has 17 heavy (non-hydrogen) atoms. The monoisotopic (exact) mass is 255 g/mol. The number of likely N-dealkylation sites (tertiary alicyclic amines) is 1. The van der Waals surface area contributed by atoms with Crippen LogP contribution in [0.15, 0.2) is 18.2 Å². The van der Waals surface area contributed by atoms with Crippen molar-refractivity contribution in [2.75, 3.05) is 13.1 Å². The van der Waals surface area contributed by atoms with Crippen LogP contribution in [-0.4, -0.2) is 29.0 Å². The van der Waals surface area contributed by atoms with Gasteiger partial charge in [-0.3, -0.25) is 15.0 Å². The number of hydrogen-bond acceptors (Lipinski definition) is 4. The van der Waals surface area contributed by atoms with E-state index in [-0.39, 0.29) is 16.7 Å². The van der Waals surface area contributed by atoms with Gasteiger partial charge < -0.3 is 5.73 Å². The second-order valence-corrected chi connectivity index (χ2v) is 4.75. The van der Waals surface area contributed by atoms with E-state index in [0.29, 0.717) is 17.1 Å². The van der Waals surface area contributed by atoms with Crippen molar-refractivity contribution in [3.05, 3.63) is 38.9 Å². The average molecular weight is 256 g/mol. The van der Waals surface area contributed by atoms with Crippen LogP contribution in [-0.2, 0) is 6.54 Å². The maximum Gasteiger partial charge on any atom is 0.273 e. The number of benzene rings is 1. The van der Waals surface area contributed by atoms with Crippen LogP contribution in [0.2, 0.25) is 5.02 Å². The molecule has 1 fully saturated rings. The molecule has 0 aromatic heterocycles. The number of rotatable bonds is 3. The summed E-state index contributed by atoms with van der Waals surface area (Å²) >= 11 is 5.87. The third-order valence-electron chi connectivity index (χ3n) is 2.94. The van der Waals surface area contributed by atoms with Crippen molar-refractivity contribution in [1.29, 1.82) is 0 Å². The summed E-state index contributed by atoms with van der Waals surface area (Å²) in [7, 11) is 0. The Balaban J connectivity index is 2.19. The topological polar surface area (TPSA) is 72.4 Å². The molecule has 0 bridgehead atoms. The van der Waals surface area contributed by atoms with Crippen molar-refractivity contribution < 1.29 is 4.92 Å². The first-order valence-electron chi connectivity index (χ1n) is 5.47. The maximum absolute atomic E-state index is 10.9. The number of hydrogen-bond donors (Lipinski definition) is 1. The molecule has 1 heterocycles. The summed E-state index contributed by atoms with van der Waals surface area (Å²) in [5.74, 6) is 0. The molecule has 2 rings (SSSR count). The summed E-state index contributed by atoms with van der Waals surface area (Å²) in [6.45, 7) is 2.19. The molecule has 0 unspecified atom stereocenters. The fourth-order valence-corrected chi connectivity index (χ4v) is 2.30. The first-order chi connectivity index (χ1) is 8.06. The summed E-state index contributed by atoms with van der Waals surface area (Å²) < 4.78 is 0. The van der Waals surface area contributed by atoms with Gasteiger partial charge in [0.25, 0.3) is 5.69 Å². The molecule has 1 atom stereocenters. The zero-order valence-electron chi connectivity index (χ0n) is 9.30. The number of nitrogens with zero attached hydrogens (tertiary/aromatic N) is 2. The SMILES string of the molecule is N[C@@H]1CCN(Cc2cc(Cl)ccc2[N+](=O)[O-])C1. The fraction of sp³-hybridized carbons (Fsp3) is 0.455. The summed E-state index contributed by atoms with van der Waals surface area (Å²) in [5.41, 5.74) is 6.57. The Labute approximate surface area is 104 Å². The van der Waals surface area contributed by atoms with E-state index in [1.807, 2.05) is 0 Å². The summed E-state index contributed by atoms with van der Waals surface area (Å²) in [5, 5.41) is 11.4. The van der Waals surface area contributed by atoms with Crippen LogP contribution in [0, 0.1) is 10.1 Å². The summed E-state index contributed by atoms with van der Waals surface area (Å²) in [6.07, 6.45) is 0.939. The lowest BCUT2D eigenvalue weighted by atomic mass is 10.1. The van der Waals surface area contributed by atoms with Crippen molar-refractivity contribution in [3.63, 3.8) is 0 Å². The number of halogens is 1. The lowest BCUT2D eigenvalue weighted by Gasteiger charge is -2.15. The Kier molecular flexibility index (Phi) is 3.61.